The summed E-state index contributed by atoms with van der Waals surface area (Å²) in [7, 11) is 0. The van der Waals surface area contributed by atoms with Crippen molar-refractivity contribution in [1.82, 2.24) is 9.88 Å². The number of piperidine rings is 1. The summed E-state index contributed by atoms with van der Waals surface area (Å²) in [4.78, 5) is 18.7. The highest BCUT2D eigenvalue weighted by atomic mass is 35.5. The summed E-state index contributed by atoms with van der Waals surface area (Å²) in [6.07, 6.45) is 1.69. The third kappa shape index (κ3) is 3.44. The number of nitriles is 1. The molecule has 1 amide bonds. The largest absolute Gasteiger partial charge is 0.441 e. The molecule has 1 aliphatic heterocycles. The fourth-order valence-electron chi connectivity index (χ4n) is 2.85. The van der Waals surface area contributed by atoms with Crippen molar-refractivity contribution in [2.24, 2.45) is 5.92 Å². The number of carbonyl (C=O) groups is 1. The van der Waals surface area contributed by atoms with Crippen LogP contribution in [0.1, 0.15) is 24.3 Å². The normalized spacial score (nSPS) is 15.3. The third-order valence-corrected chi connectivity index (χ3v) is 4.68. The summed E-state index contributed by atoms with van der Waals surface area (Å²) in [6, 6.07) is 9.60. The van der Waals surface area contributed by atoms with Crippen LogP contribution >= 0.6 is 11.6 Å². The lowest BCUT2D eigenvalue weighted by Crippen LogP contribution is -2.39. The van der Waals surface area contributed by atoms with E-state index in [0.29, 0.717) is 35.5 Å². The maximum Gasteiger partial charge on any atom is 0.228 e. The predicted octanol–water partition coefficient (Wildman–Crippen LogP) is 3.61. The molecular formula is C18H18ClN3O2. The topological polar surface area (TPSA) is 70.1 Å². The van der Waals surface area contributed by atoms with Crippen LogP contribution in [-0.2, 0) is 11.2 Å². The van der Waals surface area contributed by atoms with Gasteiger partial charge < -0.3 is 9.32 Å². The average molecular weight is 344 g/mol. The van der Waals surface area contributed by atoms with Crippen LogP contribution in [-0.4, -0.2) is 28.9 Å². The van der Waals surface area contributed by atoms with Gasteiger partial charge in [-0.3, -0.25) is 4.79 Å². The van der Waals surface area contributed by atoms with Crippen molar-refractivity contribution in [3.63, 3.8) is 0 Å². The van der Waals surface area contributed by atoms with E-state index in [1.807, 2.05) is 18.2 Å². The van der Waals surface area contributed by atoms with E-state index >= 15 is 0 Å². The van der Waals surface area contributed by atoms with Crippen molar-refractivity contribution in [3.8, 4) is 17.5 Å². The van der Waals surface area contributed by atoms with Crippen molar-refractivity contribution in [3.05, 3.63) is 40.7 Å². The lowest BCUT2D eigenvalue weighted by molar-refractivity contribution is -0.131. The maximum absolute atomic E-state index is 12.5. The van der Waals surface area contributed by atoms with Crippen LogP contribution in [0, 0.1) is 24.2 Å². The number of amides is 1. The number of benzene rings is 1. The standard InChI is InChI=1S/C18H18ClN3O2/c1-12-16(10-17(23)22-8-6-13(11-20)7-9-22)21-18(24-12)14-4-2-3-5-15(14)19/h2-5,13H,6-10H2,1H3. The first-order chi connectivity index (χ1) is 11.6. The van der Waals surface area contributed by atoms with Crippen molar-refractivity contribution in [2.75, 3.05) is 13.1 Å². The molecule has 3 rings (SSSR count). The van der Waals surface area contributed by atoms with E-state index in [1.165, 1.54) is 0 Å². The Morgan fingerprint density at radius 3 is 2.79 bits per heavy atom. The first kappa shape index (κ1) is 16.5. The van der Waals surface area contributed by atoms with Gasteiger partial charge in [0.05, 0.1) is 28.8 Å². The molecule has 124 valence electrons. The maximum atomic E-state index is 12.5. The van der Waals surface area contributed by atoms with Gasteiger partial charge in [0.2, 0.25) is 11.8 Å². The molecule has 1 fully saturated rings. The van der Waals surface area contributed by atoms with Crippen LogP contribution < -0.4 is 0 Å². The molecule has 6 heteroatoms. The van der Waals surface area contributed by atoms with Gasteiger partial charge in [-0.05, 0) is 31.9 Å². The molecule has 1 aliphatic rings. The van der Waals surface area contributed by atoms with Gasteiger partial charge in [-0.2, -0.15) is 5.26 Å². The number of aryl methyl sites for hydroxylation is 1. The van der Waals surface area contributed by atoms with Crippen molar-refractivity contribution < 1.29 is 9.21 Å². The molecule has 1 saturated heterocycles. The molecule has 24 heavy (non-hydrogen) atoms. The summed E-state index contributed by atoms with van der Waals surface area (Å²) in [6.45, 7) is 3.06. The van der Waals surface area contributed by atoms with E-state index in [9.17, 15) is 4.79 Å². The Balaban J connectivity index is 1.71. The monoisotopic (exact) mass is 343 g/mol. The minimum atomic E-state index is 0.0218. The zero-order valence-electron chi connectivity index (χ0n) is 13.5. The molecule has 0 unspecified atom stereocenters. The number of rotatable bonds is 3. The summed E-state index contributed by atoms with van der Waals surface area (Å²) in [5.41, 5.74) is 1.35. The second-order valence-electron chi connectivity index (χ2n) is 5.96. The second kappa shape index (κ2) is 7.06. The van der Waals surface area contributed by atoms with Gasteiger partial charge in [0, 0.05) is 19.0 Å². The van der Waals surface area contributed by atoms with Crippen LogP contribution in [0.4, 0.5) is 0 Å². The molecule has 5 nitrogen and oxygen atoms in total. The minimum absolute atomic E-state index is 0.0218. The molecule has 1 aromatic heterocycles. The lowest BCUT2D eigenvalue weighted by atomic mass is 9.98. The van der Waals surface area contributed by atoms with Gasteiger partial charge in [0.1, 0.15) is 5.76 Å². The number of likely N-dealkylation sites (tertiary alicyclic amines) is 1. The predicted molar refractivity (Wildman–Crippen MR) is 90.3 cm³/mol. The first-order valence-corrected chi connectivity index (χ1v) is 8.35. The fourth-order valence-corrected chi connectivity index (χ4v) is 3.07. The van der Waals surface area contributed by atoms with Crippen LogP contribution in [0.25, 0.3) is 11.5 Å². The minimum Gasteiger partial charge on any atom is -0.441 e. The Kier molecular flexibility index (Phi) is 4.86. The number of halogens is 1. The molecule has 0 aliphatic carbocycles. The third-order valence-electron chi connectivity index (χ3n) is 4.35. The van der Waals surface area contributed by atoms with Gasteiger partial charge in [0.25, 0.3) is 0 Å². The van der Waals surface area contributed by atoms with Crippen LogP contribution in [0.15, 0.2) is 28.7 Å². The molecule has 2 aromatic rings. The van der Waals surface area contributed by atoms with Crippen LogP contribution in [0.3, 0.4) is 0 Å². The van der Waals surface area contributed by atoms with E-state index in [1.54, 1.807) is 17.9 Å². The average Bonchev–Trinajstić information content (AvgIpc) is 2.95. The Bertz CT molecular complexity index is 786. The summed E-state index contributed by atoms with van der Waals surface area (Å²) in [5.74, 6) is 1.15. The summed E-state index contributed by atoms with van der Waals surface area (Å²) >= 11 is 6.17. The number of hydrogen-bond acceptors (Lipinski definition) is 4. The highest BCUT2D eigenvalue weighted by Crippen LogP contribution is 2.28. The zero-order chi connectivity index (χ0) is 17.1. The Labute approximate surface area is 145 Å². The molecule has 0 N–H and O–H groups in total. The number of hydrogen-bond donors (Lipinski definition) is 0. The number of nitrogens with zero attached hydrogens (tertiary/aromatic N) is 3. The number of oxazole rings is 1. The first-order valence-electron chi connectivity index (χ1n) is 7.97. The van der Waals surface area contributed by atoms with E-state index in [4.69, 9.17) is 21.3 Å². The quantitative estimate of drug-likeness (QED) is 0.853. The molecule has 0 radical (unpaired) electrons. The second-order valence-corrected chi connectivity index (χ2v) is 6.37. The van der Waals surface area contributed by atoms with Crippen LogP contribution in [0.5, 0.6) is 0 Å². The zero-order valence-corrected chi connectivity index (χ0v) is 14.2. The summed E-state index contributed by atoms with van der Waals surface area (Å²) in [5, 5.41) is 9.50. The van der Waals surface area contributed by atoms with E-state index < -0.39 is 0 Å². The van der Waals surface area contributed by atoms with Gasteiger partial charge in [-0.1, -0.05) is 23.7 Å². The smallest absolute Gasteiger partial charge is 0.228 e. The molecule has 0 saturated carbocycles. The number of aromatic nitrogens is 1. The van der Waals surface area contributed by atoms with Crippen molar-refractivity contribution in [2.45, 2.75) is 26.2 Å². The molecule has 2 heterocycles. The highest BCUT2D eigenvalue weighted by molar-refractivity contribution is 6.33. The van der Waals surface area contributed by atoms with Gasteiger partial charge in [-0.25, -0.2) is 4.98 Å². The van der Waals surface area contributed by atoms with Gasteiger partial charge >= 0.3 is 0 Å². The van der Waals surface area contributed by atoms with E-state index in [-0.39, 0.29) is 18.2 Å². The van der Waals surface area contributed by atoms with Gasteiger partial charge in [-0.15, -0.1) is 0 Å². The van der Waals surface area contributed by atoms with Crippen molar-refractivity contribution in [1.29, 1.82) is 5.26 Å². The highest BCUT2D eigenvalue weighted by Gasteiger charge is 2.24. The molecule has 0 atom stereocenters. The van der Waals surface area contributed by atoms with E-state index in [2.05, 4.69) is 11.1 Å². The molecule has 0 bridgehead atoms. The SMILES string of the molecule is Cc1oc(-c2ccccc2Cl)nc1CC(=O)N1CCC(C#N)CC1. The summed E-state index contributed by atoms with van der Waals surface area (Å²) < 4.78 is 5.69. The molecule has 1 aromatic carbocycles. The Morgan fingerprint density at radius 1 is 1.42 bits per heavy atom. The molecular weight excluding hydrogens is 326 g/mol. The Hall–Kier alpha value is -2.32. The number of carbonyl (C=O) groups excluding carboxylic acids is 1. The Morgan fingerprint density at radius 2 is 2.12 bits per heavy atom. The van der Waals surface area contributed by atoms with Crippen LogP contribution in [0.2, 0.25) is 5.02 Å². The van der Waals surface area contributed by atoms with Gasteiger partial charge in [0.15, 0.2) is 0 Å². The lowest BCUT2D eigenvalue weighted by Gasteiger charge is -2.29. The van der Waals surface area contributed by atoms with Crippen molar-refractivity contribution >= 4 is 17.5 Å². The van der Waals surface area contributed by atoms with E-state index in [0.717, 1.165) is 18.4 Å². The fraction of sp³-hybridized carbons (Fsp3) is 0.389. The molecule has 0 spiro atoms.